The van der Waals surface area contributed by atoms with Crippen LogP contribution >= 0.6 is 34.7 Å². The lowest BCUT2D eigenvalue weighted by Gasteiger charge is -2.18. The molecule has 0 fully saturated rings. The molecule has 2 aromatic heterocycles. The summed E-state index contributed by atoms with van der Waals surface area (Å²) in [6, 6.07) is 4.50. The fraction of sp³-hybridized carbons (Fsp3) is 0.278. The normalized spacial score (nSPS) is 11.1. The van der Waals surface area contributed by atoms with E-state index in [1.807, 2.05) is 13.8 Å². The molecular weight excluding hydrogens is 393 g/mol. The quantitative estimate of drug-likeness (QED) is 0.446. The van der Waals surface area contributed by atoms with Gasteiger partial charge in [0.15, 0.2) is 0 Å². The Morgan fingerprint density at radius 2 is 2.12 bits per heavy atom. The molecule has 0 unspecified atom stereocenters. The summed E-state index contributed by atoms with van der Waals surface area (Å²) in [6.07, 6.45) is 1.52. The van der Waals surface area contributed by atoms with Crippen molar-refractivity contribution in [3.63, 3.8) is 0 Å². The number of thioether (sulfide) groups is 1. The predicted octanol–water partition coefficient (Wildman–Crippen LogP) is 4.85. The van der Waals surface area contributed by atoms with Gasteiger partial charge in [-0.2, -0.15) is 0 Å². The van der Waals surface area contributed by atoms with E-state index in [0.29, 0.717) is 10.6 Å². The maximum Gasteiger partial charge on any atom is 0.233 e. The van der Waals surface area contributed by atoms with E-state index in [2.05, 4.69) is 9.97 Å². The molecule has 4 nitrogen and oxygen atoms in total. The molecular formula is C18H17ClFN3OS2. The number of benzene rings is 1. The highest BCUT2D eigenvalue weighted by atomic mass is 35.5. The van der Waals surface area contributed by atoms with Gasteiger partial charge >= 0.3 is 0 Å². The second-order valence-electron chi connectivity index (χ2n) is 5.88. The molecule has 0 aliphatic rings. The number of aromatic nitrogens is 2. The highest BCUT2D eigenvalue weighted by Gasteiger charge is 2.17. The molecule has 0 atom stereocenters. The minimum absolute atomic E-state index is 0.120. The summed E-state index contributed by atoms with van der Waals surface area (Å²) in [7, 11) is 1.64. The van der Waals surface area contributed by atoms with Crippen LogP contribution in [0, 0.1) is 19.7 Å². The van der Waals surface area contributed by atoms with E-state index in [-0.39, 0.29) is 18.2 Å². The third-order valence-corrected chi connectivity index (χ3v) is 6.59. The van der Waals surface area contributed by atoms with Gasteiger partial charge in [0.1, 0.15) is 22.0 Å². The first-order valence-corrected chi connectivity index (χ1v) is 10.1. The van der Waals surface area contributed by atoms with Crippen molar-refractivity contribution in [1.29, 1.82) is 0 Å². The van der Waals surface area contributed by atoms with Crippen molar-refractivity contribution in [3.8, 4) is 0 Å². The van der Waals surface area contributed by atoms with Gasteiger partial charge in [-0.05, 0) is 31.5 Å². The van der Waals surface area contributed by atoms with Gasteiger partial charge in [-0.15, -0.1) is 11.3 Å². The van der Waals surface area contributed by atoms with Crippen LogP contribution in [0.4, 0.5) is 4.39 Å². The number of thiophene rings is 1. The number of rotatable bonds is 5. The Hall–Kier alpha value is -1.70. The highest BCUT2D eigenvalue weighted by Crippen LogP contribution is 2.34. The van der Waals surface area contributed by atoms with Crippen molar-refractivity contribution < 1.29 is 9.18 Å². The number of aryl methyl sites for hydroxylation is 2. The summed E-state index contributed by atoms with van der Waals surface area (Å²) in [4.78, 5) is 24.7. The van der Waals surface area contributed by atoms with Gasteiger partial charge < -0.3 is 4.90 Å². The zero-order chi connectivity index (χ0) is 18.8. The molecule has 136 valence electrons. The number of fused-ring (bicyclic) bond motifs is 1. The molecule has 0 radical (unpaired) electrons. The third kappa shape index (κ3) is 3.84. The molecule has 0 aliphatic carbocycles. The fourth-order valence-corrected chi connectivity index (χ4v) is 4.79. The molecule has 2 heterocycles. The molecule has 0 N–H and O–H groups in total. The van der Waals surface area contributed by atoms with E-state index in [4.69, 9.17) is 11.6 Å². The smallest absolute Gasteiger partial charge is 0.233 e. The van der Waals surface area contributed by atoms with Crippen molar-refractivity contribution in [1.82, 2.24) is 14.9 Å². The first-order chi connectivity index (χ1) is 12.4. The maximum absolute atomic E-state index is 13.9. The molecule has 0 saturated heterocycles. The van der Waals surface area contributed by atoms with E-state index in [9.17, 15) is 9.18 Å². The van der Waals surface area contributed by atoms with Gasteiger partial charge in [0.2, 0.25) is 5.91 Å². The first-order valence-electron chi connectivity index (χ1n) is 7.88. The predicted molar refractivity (Wildman–Crippen MR) is 105 cm³/mol. The van der Waals surface area contributed by atoms with E-state index >= 15 is 0 Å². The van der Waals surface area contributed by atoms with E-state index < -0.39 is 5.82 Å². The van der Waals surface area contributed by atoms with Gasteiger partial charge in [0, 0.05) is 34.4 Å². The Morgan fingerprint density at radius 1 is 1.35 bits per heavy atom. The van der Waals surface area contributed by atoms with Gasteiger partial charge in [-0.3, -0.25) is 4.79 Å². The highest BCUT2D eigenvalue weighted by molar-refractivity contribution is 8.00. The zero-order valence-electron chi connectivity index (χ0n) is 14.5. The summed E-state index contributed by atoms with van der Waals surface area (Å²) in [5.41, 5.74) is 1.47. The Bertz CT molecular complexity index is 956. The minimum atomic E-state index is -0.410. The Morgan fingerprint density at radius 3 is 2.85 bits per heavy atom. The average Bonchev–Trinajstić information content (AvgIpc) is 2.91. The Labute approximate surface area is 164 Å². The van der Waals surface area contributed by atoms with Crippen molar-refractivity contribution in [2.24, 2.45) is 0 Å². The summed E-state index contributed by atoms with van der Waals surface area (Å²) in [5.74, 6) is -0.319. The minimum Gasteiger partial charge on any atom is -0.341 e. The number of hydrogen-bond acceptors (Lipinski definition) is 5. The zero-order valence-corrected chi connectivity index (χ0v) is 16.9. The van der Waals surface area contributed by atoms with Crippen LogP contribution in [0.1, 0.15) is 16.0 Å². The summed E-state index contributed by atoms with van der Waals surface area (Å²) in [5, 5.41) is 2.12. The van der Waals surface area contributed by atoms with Gasteiger partial charge in [-0.1, -0.05) is 29.4 Å². The van der Waals surface area contributed by atoms with E-state index in [1.165, 1.54) is 33.9 Å². The molecule has 1 aromatic carbocycles. The van der Waals surface area contributed by atoms with Crippen LogP contribution in [-0.4, -0.2) is 33.6 Å². The molecule has 0 saturated carbocycles. The van der Waals surface area contributed by atoms with E-state index in [0.717, 1.165) is 20.8 Å². The van der Waals surface area contributed by atoms with Crippen molar-refractivity contribution in [2.75, 3.05) is 12.8 Å². The number of carbonyl (C=O) groups is 1. The fourth-order valence-electron chi connectivity index (χ4n) is 2.51. The number of nitrogens with zero attached hydrogens (tertiary/aromatic N) is 3. The van der Waals surface area contributed by atoms with Gasteiger partial charge in [-0.25, -0.2) is 14.4 Å². The summed E-state index contributed by atoms with van der Waals surface area (Å²) >= 11 is 9.03. The molecule has 8 heteroatoms. The lowest BCUT2D eigenvalue weighted by atomic mass is 10.2. The lowest BCUT2D eigenvalue weighted by Crippen LogP contribution is -2.28. The monoisotopic (exact) mass is 409 g/mol. The standard InChI is InChI=1S/C18H17ClFN3OS2/c1-10-11(2)26-18-16(10)17(21-9-22-18)25-8-15(24)23(3)7-12-13(19)5-4-6-14(12)20/h4-6,9H,7-8H2,1-3H3. The van der Waals surface area contributed by atoms with Crippen LogP contribution in [0.3, 0.4) is 0 Å². The van der Waals surface area contributed by atoms with Crippen molar-refractivity contribution in [3.05, 3.63) is 51.4 Å². The Kier molecular flexibility index (Phi) is 5.79. The molecule has 1 amide bonds. The van der Waals surface area contributed by atoms with Crippen LogP contribution in [0.5, 0.6) is 0 Å². The Balaban J connectivity index is 1.71. The second kappa shape index (κ2) is 7.90. The largest absolute Gasteiger partial charge is 0.341 e. The molecule has 0 spiro atoms. The van der Waals surface area contributed by atoms with E-state index in [1.54, 1.807) is 30.5 Å². The van der Waals surface area contributed by atoms with Crippen LogP contribution in [-0.2, 0) is 11.3 Å². The molecule has 0 bridgehead atoms. The number of carbonyl (C=O) groups excluding carboxylic acids is 1. The van der Waals surface area contributed by atoms with Crippen molar-refractivity contribution >= 4 is 50.8 Å². The summed E-state index contributed by atoms with van der Waals surface area (Å²) < 4.78 is 13.9. The number of halogens is 2. The van der Waals surface area contributed by atoms with Crippen molar-refractivity contribution in [2.45, 2.75) is 25.4 Å². The molecule has 0 aliphatic heterocycles. The topological polar surface area (TPSA) is 46.1 Å². The number of amides is 1. The maximum atomic E-state index is 13.9. The first kappa shape index (κ1) is 19.1. The van der Waals surface area contributed by atoms with Gasteiger partial charge in [0.05, 0.1) is 5.75 Å². The van der Waals surface area contributed by atoms with Crippen LogP contribution < -0.4 is 0 Å². The van der Waals surface area contributed by atoms with Gasteiger partial charge in [0.25, 0.3) is 0 Å². The number of hydrogen-bond donors (Lipinski definition) is 0. The average molecular weight is 410 g/mol. The summed E-state index contributed by atoms with van der Waals surface area (Å²) in [6.45, 7) is 4.21. The third-order valence-electron chi connectivity index (χ3n) is 4.15. The lowest BCUT2D eigenvalue weighted by molar-refractivity contribution is -0.127. The van der Waals surface area contributed by atoms with Crippen LogP contribution in [0.25, 0.3) is 10.2 Å². The molecule has 3 aromatic rings. The SMILES string of the molecule is Cc1sc2ncnc(SCC(=O)N(C)Cc3c(F)cccc3Cl)c2c1C. The van der Waals surface area contributed by atoms with Crippen LogP contribution in [0.2, 0.25) is 5.02 Å². The van der Waals surface area contributed by atoms with Crippen LogP contribution in [0.15, 0.2) is 29.6 Å². The second-order valence-corrected chi connectivity index (χ2v) is 8.46. The molecule has 3 rings (SSSR count). The molecule has 26 heavy (non-hydrogen) atoms.